The molecule has 4 nitrogen and oxygen atoms in total. The summed E-state index contributed by atoms with van der Waals surface area (Å²) in [5.41, 5.74) is 0. The van der Waals surface area contributed by atoms with Crippen molar-refractivity contribution in [2.75, 3.05) is 19.7 Å². The van der Waals surface area contributed by atoms with Gasteiger partial charge in [0.15, 0.2) is 0 Å². The molecular formula is C15H27NO3. The van der Waals surface area contributed by atoms with Gasteiger partial charge in [-0.15, -0.1) is 0 Å². The molecule has 4 heteroatoms. The highest BCUT2D eigenvalue weighted by atomic mass is 16.5. The summed E-state index contributed by atoms with van der Waals surface area (Å²) in [6.45, 7) is 3.54. The van der Waals surface area contributed by atoms with Gasteiger partial charge in [-0.05, 0) is 32.6 Å². The first-order valence-corrected chi connectivity index (χ1v) is 7.74. The van der Waals surface area contributed by atoms with Gasteiger partial charge < -0.3 is 14.7 Å². The monoisotopic (exact) mass is 269 g/mol. The largest absolute Gasteiger partial charge is 0.393 e. The summed E-state index contributed by atoms with van der Waals surface area (Å²) in [5, 5.41) is 9.64. The average molecular weight is 269 g/mol. The van der Waals surface area contributed by atoms with Crippen LogP contribution < -0.4 is 0 Å². The Kier molecular flexibility index (Phi) is 5.64. The molecule has 0 radical (unpaired) electrons. The van der Waals surface area contributed by atoms with E-state index >= 15 is 0 Å². The van der Waals surface area contributed by atoms with Crippen molar-refractivity contribution in [1.29, 1.82) is 0 Å². The molecule has 1 saturated heterocycles. The molecule has 1 N–H and O–H groups in total. The van der Waals surface area contributed by atoms with Crippen LogP contribution >= 0.6 is 0 Å². The zero-order valence-electron chi connectivity index (χ0n) is 12.0. The van der Waals surface area contributed by atoms with Gasteiger partial charge >= 0.3 is 0 Å². The summed E-state index contributed by atoms with van der Waals surface area (Å²) in [6, 6.07) is 0. The molecule has 0 bridgehead atoms. The van der Waals surface area contributed by atoms with Crippen molar-refractivity contribution in [2.24, 2.45) is 5.92 Å². The van der Waals surface area contributed by atoms with Crippen LogP contribution in [0.3, 0.4) is 0 Å². The summed E-state index contributed by atoms with van der Waals surface area (Å²) in [4.78, 5) is 14.0. The Morgan fingerprint density at radius 2 is 2.00 bits per heavy atom. The van der Waals surface area contributed by atoms with Crippen molar-refractivity contribution >= 4 is 5.91 Å². The van der Waals surface area contributed by atoms with Gasteiger partial charge in [0.25, 0.3) is 0 Å². The van der Waals surface area contributed by atoms with Crippen LogP contribution in [0.2, 0.25) is 0 Å². The molecule has 1 saturated carbocycles. The van der Waals surface area contributed by atoms with Gasteiger partial charge in [0, 0.05) is 19.0 Å². The number of hydrogen-bond donors (Lipinski definition) is 1. The van der Waals surface area contributed by atoms with E-state index in [4.69, 9.17) is 4.74 Å². The number of likely N-dealkylation sites (tertiary alicyclic amines) is 1. The molecule has 0 aromatic heterocycles. The first-order valence-electron chi connectivity index (χ1n) is 7.74. The molecule has 2 aliphatic rings. The maximum absolute atomic E-state index is 12.1. The van der Waals surface area contributed by atoms with Gasteiger partial charge in [-0.25, -0.2) is 0 Å². The van der Waals surface area contributed by atoms with Crippen LogP contribution in [0.1, 0.15) is 51.9 Å². The standard InChI is InChI=1S/C15H27NO3/c1-12(17)13-6-5-9-16(10-13)15(18)11-19-14-7-3-2-4-8-14/h12-14,17H,2-11H2,1H3. The van der Waals surface area contributed by atoms with E-state index in [0.29, 0.717) is 6.54 Å². The number of aliphatic hydroxyl groups is 1. The van der Waals surface area contributed by atoms with Gasteiger partial charge in [-0.2, -0.15) is 0 Å². The first kappa shape index (κ1) is 14.8. The molecule has 0 aromatic rings. The highest BCUT2D eigenvalue weighted by Gasteiger charge is 2.27. The van der Waals surface area contributed by atoms with Gasteiger partial charge in [-0.3, -0.25) is 4.79 Å². The van der Waals surface area contributed by atoms with Crippen molar-refractivity contribution in [2.45, 2.75) is 64.1 Å². The lowest BCUT2D eigenvalue weighted by Crippen LogP contribution is -2.44. The molecule has 110 valence electrons. The van der Waals surface area contributed by atoms with E-state index in [1.807, 2.05) is 11.8 Å². The van der Waals surface area contributed by atoms with E-state index < -0.39 is 0 Å². The zero-order valence-corrected chi connectivity index (χ0v) is 12.0. The predicted molar refractivity (Wildman–Crippen MR) is 73.8 cm³/mol. The highest BCUT2D eigenvalue weighted by Crippen LogP contribution is 2.22. The van der Waals surface area contributed by atoms with Crippen molar-refractivity contribution in [3.05, 3.63) is 0 Å². The molecule has 2 rings (SSSR count). The summed E-state index contributed by atoms with van der Waals surface area (Å²) in [7, 11) is 0. The maximum Gasteiger partial charge on any atom is 0.248 e. The molecular weight excluding hydrogens is 242 g/mol. The van der Waals surface area contributed by atoms with Crippen molar-refractivity contribution in [3.63, 3.8) is 0 Å². The minimum absolute atomic E-state index is 0.0934. The van der Waals surface area contributed by atoms with E-state index in [2.05, 4.69) is 0 Å². The number of aliphatic hydroxyl groups excluding tert-OH is 1. The third-order valence-electron chi connectivity index (χ3n) is 4.49. The maximum atomic E-state index is 12.1. The Labute approximate surface area is 116 Å². The third kappa shape index (κ3) is 4.46. The Morgan fingerprint density at radius 1 is 1.26 bits per heavy atom. The third-order valence-corrected chi connectivity index (χ3v) is 4.49. The van der Waals surface area contributed by atoms with E-state index in [1.165, 1.54) is 19.3 Å². The lowest BCUT2D eigenvalue weighted by molar-refractivity contribution is -0.141. The van der Waals surface area contributed by atoms with Gasteiger partial charge in [0.05, 0.1) is 12.2 Å². The fraction of sp³-hybridized carbons (Fsp3) is 0.933. The molecule has 1 aliphatic carbocycles. The number of ether oxygens (including phenoxy) is 1. The van der Waals surface area contributed by atoms with Gasteiger partial charge in [-0.1, -0.05) is 19.3 Å². The smallest absolute Gasteiger partial charge is 0.248 e. The van der Waals surface area contributed by atoms with Crippen LogP contribution in [0.5, 0.6) is 0 Å². The Morgan fingerprint density at radius 3 is 2.68 bits per heavy atom. The quantitative estimate of drug-likeness (QED) is 0.848. The number of amides is 1. The lowest BCUT2D eigenvalue weighted by Gasteiger charge is -2.34. The van der Waals surface area contributed by atoms with Crippen LogP contribution in [0.15, 0.2) is 0 Å². The summed E-state index contributed by atoms with van der Waals surface area (Å²) in [5.74, 6) is 0.323. The van der Waals surface area contributed by atoms with Crippen molar-refractivity contribution in [3.8, 4) is 0 Å². The van der Waals surface area contributed by atoms with Crippen LogP contribution in [-0.2, 0) is 9.53 Å². The van der Waals surface area contributed by atoms with Crippen molar-refractivity contribution < 1.29 is 14.6 Å². The number of rotatable bonds is 4. The minimum Gasteiger partial charge on any atom is -0.393 e. The minimum atomic E-state index is -0.324. The van der Waals surface area contributed by atoms with Crippen LogP contribution in [0.4, 0.5) is 0 Å². The molecule has 2 atom stereocenters. The molecule has 2 unspecified atom stereocenters. The topological polar surface area (TPSA) is 49.8 Å². The summed E-state index contributed by atoms with van der Waals surface area (Å²) in [6.07, 6.45) is 7.93. The molecule has 0 aromatic carbocycles. The molecule has 0 spiro atoms. The fourth-order valence-corrected chi connectivity index (χ4v) is 3.14. The molecule has 1 aliphatic heterocycles. The normalized spacial score (nSPS) is 27.3. The Bertz CT molecular complexity index is 287. The molecule has 19 heavy (non-hydrogen) atoms. The SMILES string of the molecule is CC(O)C1CCCN(C(=O)COC2CCCCC2)C1. The second-order valence-corrected chi connectivity index (χ2v) is 6.05. The van der Waals surface area contributed by atoms with E-state index in [0.717, 1.165) is 32.2 Å². The number of nitrogens with zero attached hydrogens (tertiary/aromatic N) is 1. The average Bonchev–Trinajstić information content (AvgIpc) is 2.46. The first-order chi connectivity index (χ1) is 9.16. The second kappa shape index (κ2) is 7.25. The van der Waals surface area contributed by atoms with Crippen LogP contribution in [-0.4, -0.2) is 47.8 Å². The van der Waals surface area contributed by atoms with Crippen LogP contribution in [0, 0.1) is 5.92 Å². The Balaban J connectivity index is 1.72. The second-order valence-electron chi connectivity index (χ2n) is 6.05. The number of carbonyl (C=O) groups is 1. The van der Waals surface area contributed by atoms with Crippen LogP contribution in [0.25, 0.3) is 0 Å². The van der Waals surface area contributed by atoms with E-state index in [1.54, 1.807) is 0 Å². The van der Waals surface area contributed by atoms with E-state index in [9.17, 15) is 9.90 Å². The van der Waals surface area contributed by atoms with Crippen molar-refractivity contribution in [1.82, 2.24) is 4.90 Å². The van der Waals surface area contributed by atoms with E-state index in [-0.39, 0.29) is 30.6 Å². The lowest BCUT2D eigenvalue weighted by atomic mass is 9.93. The molecule has 2 fully saturated rings. The highest BCUT2D eigenvalue weighted by molar-refractivity contribution is 5.77. The number of hydrogen-bond acceptors (Lipinski definition) is 3. The fourth-order valence-electron chi connectivity index (χ4n) is 3.14. The zero-order chi connectivity index (χ0) is 13.7. The van der Waals surface area contributed by atoms with Gasteiger partial charge in [0.2, 0.25) is 5.91 Å². The van der Waals surface area contributed by atoms with Gasteiger partial charge in [0.1, 0.15) is 6.61 Å². The predicted octanol–water partition coefficient (Wildman–Crippen LogP) is 1.96. The summed E-state index contributed by atoms with van der Waals surface area (Å²) >= 11 is 0. The molecule has 1 heterocycles. The molecule has 1 amide bonds. The summed E-state index contributed by atoms with van der Waals surface area (Å²) < 4.78 is 5.74. The number of carbonyl (C=O) groups excluding carboxylic acids is 1. The number of piperidine rings is 1. The Hall–Kier alpha value is -0.610.